The Morgan fingerprint density at radius 1 is 0.157 bits per heavy atom. The summed E-state index contributed by atoms with van der Waals surface area (Å²) in [6, 6.07) is 0. The second-order valence-corrected chi connectivity index (χ2v) is 17.2. The van der Waals surface area contributed by atoms with Crippen LogP contribution in [0.5, 0.6) is 0 Å². The molecule has 0 fully saturated rings. The quantitative estimate of drug-likeness (QED) is 0.0569. The van der Waals surface area contributed by atoms with Gasteiger partial charge in [0, 0.05) is 13.2 Å². The van der Waals surface area contributed by atoms with Gasteiger partial charge in [0.25, 0.3) is 0 Å². The molecule has 0 atom stereocenters. The first kappa shape index (κ1) is 51.0. The molecule has 0 N–H and O–H groups in total. The predicted molar refractivity (Wildman–Crippen MR) is 235 cm³/mol. The Morgan fingerprint density at radius 2 is 0.275 bits per heavy atom. The van der Waals surface area contributed by atoms with Crippen LogP contribution in [0.25, 0.3) is 0 Å². The van der Waals surface area contributed by atoms with Gasteiger partial charge in [-0.15, -0.1) is 0 Å². The molecule has 0 aromatic carbocycles. The maximum Gasteiger partial charge on any atom is 0.0466 e. The average Bonchev–Trinajstić information content (AvgIpc) is 3.14. The molecule has 0 rings (SSSR count). The van der Waals surface area contributed by atoms with Gasteiger partial charge in [0.1, 0.15) is 0 Å². The maximum atomic E-state index is 5.92. The van der Waals surface area contributed by atoms with Crippen molar-refractivity contribution < 1.29 is 4.74 Å². The van der Waals surface area contributed by atoms with Crippen LogP contribution in [0.2, 0.25) is 0 Å². The van der Waals surface area contributed by atoms with E-state index in [2.05, 4.69) is 13.8 Å². The highest BCUT2D eigenvalue weighted by atomic mass is 16.5. The molecule has 0 unspecified atom stereocenters. The third-order valence-electron chi connectivity index (χ3n) is 11.8. The smallest absolute Gasteiger partial charge is 0.0466 e. The summed E-state index contributed by atoms with van der Waals surface area (Å²) in [4.78, 5) is 0. The van der Waals surface area contributed by atoms with E-state index in [1.54, 1.807) is 0 Å². The zero-order valence-corrected chi connectivity index (χ0v) is 36.3. The lowest BCUT2D eigenvalue weighted by molar-refractivity contribution is 0.125. The van der Waals surface area contributed by atoms with Gasteiger partial charge < -0.3 is 4.74 Å². The molecule has 0 aliphatic heterocycles. The topological polar surface area (TPSA) is 9.23 Å². The molecule has 0 aliphatic rings. The van der Waals surface area contributed by atoms with Gasteiger partial charge in [0.2, 0.25) is 0 Å². The van der Waals surface area contributed by atoms with Gasteiger partial charge in [0.05, 0.1) is 0 Å². The van der Waals surface area contributed by atoms with Gasteiger partial charge in [-0.3, -0.25) is 0 Å². The summed E-state index contributed by atoms with van der Waals surface area (Å²) < 4.78 is 5.92. The van der Waals surface area contributed by atoms with E-state index in [0.29, 0.717) is 0 Å². The molecule has 0 aromatic rings. The summed E-state index contributed by atoms with van der Waals surface area (Å²) in [5.74, 6) is 0. The fraction of sp³-hybridized carbons (Fsp3) is 1.00. The van der Waals surface area contributed by atoms with Crippen molar-refractivity contribution in [3.63, 3.8) is 0 Å². The molecular weight excluding hydrogens is 617 g/mol. The number of hydrogen-bond acceptors (Lipinski definition) is 1. The Morgan fingerprint density at radius 3 is 0.412 bits per heavy atom. The average molecular weight is 719 g/mol. The Bertz CT molecular complexity index is 509. The summed E-state index contributed by atoms with van der Waals surface area (Å²) in [6.45, 7) is 6.61. The van der Waals surface area contributed by atoms with E-state index in [9.17, 15) is 0 Å². The fourth-order valence-electron chi connectivity index (χ4n) is 8.08. The van der Waals surface area contributed by atoms with Crippen LogP contribution >= 0.6 is 0 Å². The standard InChI is InChI=1S/C50H102O/c1-3-5-7-9-11-13-15-17-19-21-22-23-24-25-26-27-28-29-30-31-32-33-34-36-38-40-42-44-46-48-50-51-49-47-45-43-41-39-37-35-20-18-16-14-12-10-8-6-4-2/h3-50H2,1-2H3. The summed E-state index contributed by atoms with van der Waals surface area (Å²) >= 11 is 0. The van der Waals surface area contributed by atoms with Crippen molar-refractivity contribution in [1.29, 1.82) is 0 Å². The highest BCUT2D eigenvalue weighted by molar-refractivity contribution is 4.54. The van der Waals surface area contributed by atoms with E-state index in [4.69, 9.17) is 4.74 Å². The van der Waals surface area contributed by atoms with Crippen molar-refractivity contribution in [2.75, 3.05) is 13.2 Å². The first-order valence-electron chi connectivity index (χ1n) is 25.0. The zero-order valence-electron chi connectivity index (χ0n) is 36.3. The molecule has 1 nitrogen and oxygen atoms in total. The third-order valence-corrected chi connectivity index (χ3v) is 11.8. The molecule has 0 spiro atoms. The monoisotopic (exact) mass is 719 g/mol. The van der Waals surface area contributed by atoms with Crippen LogP contribution in [0.4, 0.5) is 0 Å². The number of unbranched alkanes of at least 4 members (excludes halogenated alkanes) is 44. The van der Waals surface area contributed by atoms with Gasteiger partial charge in [-0.2, -0.15) is 0 Å². The summed E-state index contributed by atoms with van der Waals surface area (Å²) in [5, 5.41) is 0. The van der Waals surface area contributed by atoms with Crippen LogP contribution in [0.1, 0.15) is 309 Å². The first-order valence-corrected chi connectivity index (χ1v) is 25.0. The summed E-state index contributed by atoms with van der Waals surface area (Å²) in [5.41, 5.74) is 0. The van der Waals surface area contributed by atoms with Gasteiger partial charge >= 0.3 is 0 Å². The molecule has 0 amide bonds. The largest absolute Gasteiger partial charge is 0.381 e. The van der Waals surface area contributed by atoms with Crippen molar-refractivity contribution in [2.24, 2.45) is 0 Å². The number of hydrogen-bond donors (Lipinski definition) is 0. The Labute approximate surface area is 326 Å². The van der Waals surface area contributed by atoms with Gasteiger partial charge in [-0.1, -0.05) is 296 Å². The molecule has 0 aliphatic carbocycles. The van der Waals surface area contributed by atoms with Crippen LogP contribution < -0.4 is 0 Å². The van der Waals surface area contributed by atoms with Gasteiger partial charge in [-0.25, -0.2) is 0 Å². The first-order chi connectivity index (χ1) is 25.4. The molecular formula is C50H102O. The molecule has 0 radical (unpaired) electrons. The van der Waals surface area contributed by atoms with Crippen LogP contribution in [0.3, 0.4) is 0 Å². The minimum Gasteiger partial charge on any atom is -0.381 e. The van der Waals surface area contributed by atoms with Crippen molar-refractivity contribution in [3.05, 3.63) is 0 Å². The van der Waals surface area contributed by atoms with E-state index in [0.717, 1.165) is 13.2 Å². The second kappa shape index (κ2) is 50.0. The van der Waals surface area contributed by atoms with E-state index in [1.807, 2.05) is 0 Å². The molecule has 0 bridgehead atoms. The van der Waals surface area contributed by atoms with Gasteiger partial charge in [0.15, 0.2) is 0 Å². The maximum absolute atomic E-state index is 5.92. The van der Waals surface area contributed by atoms with Crippen LogP contribution in [0.15, 0.2) is 0 Å². The lowest BCUT2D eigenvalue weighted by Crippen LogP contribution is -1.97. The molecule has 0 aromatic heterocycles. The molecule has 308 valence electrons. The highest BCUT2D eigenvalue weighted by Crippen LogP contribution is 2.17. The molecule has 0 saturated carbocycles. The van der Waals surface area contributed by atoms with Gasteiger partial charge in [-0.05, 0) is 12.8 Å². The lowest BCUT2D eigenvalue weighted by Gasteiger charge is -2.06. The predicted octanol–water partition coefficient (Wildman–Crippen LogP) is 19.0. The minimum absolute atomic E-state index is 0.998. The van der Waals surface area contributed by atoms with E-state index in [1.165, 1.54) is 295 Å². The number of ether oxygens (including phenoxy) is 1. The van der Waals surface area contributed by atoms with Crippen LogP contribution in [0, 0.1) is 0 Å². The van der Waals surface area contributed by atoms with Crippen molar-refractivity contribution in [2.45, 2.75) is 309 Å². The van der Waals surface area contributed by atoms with Crippen molar-refractivity contribution >= 4 is 0 Å². The Balaban J connectivity index is 3.04. The molecule has 0 heterocycles. The zero-order chi connectivity index (χ0) is 36.6. The van der Waals surface area contributed by atoms with Crippen molar-refractivity contribution in [3.8, 4) is 0 Å². The Kier molecular flexibility index (Phi) is 49.9. The number of rotatable bonds is 48. The summed E-state index contributed by atoms with van der Waals surface area (Å²) in [6.07, 6.45) is 67.0. The van der Waals surface area contributed by atoms with E-state index < -0.39 is 0 Å². The fourth-order valence-corrected chi connectivity index (χ4v) is 8.08. The van der Waals surface area contributed by atoms with Crippen LogP contribution in [-0.4, -0.2) is 13.2 Å². The van der Waals surface area contributed by atoms with E-state index in [-0.39, 0.29) is 0 Å². The highest BCUT2D eigenvalue weighted by Gasteiger charge is 1.99. The minimum atomic E-state index is 0.998. The Hall–Kier alpha value is -0.0400. The third kappa shape index (κ3) is 50.0. The second-order valence-electron chi connectivity index (χ2n) is 17.2. The molecule has 51 heavy (non-hydrogen) atoms. The molecule has 0 saturated heterocycles. The van der Waals surface area contributed by atoms with E-state index >= 15 is 0 Å². The lowest BCUT2D eigenvalue weighted by atomic mass is 10.0. The van der Waals surface area contributed by atoms with Crippen LogP contribution in [-0.2, 0) is 4.74 Å². The van der Waals surface area contributed by atoms with Crippen molar-refractivity contribution in [1.82, 2.24) is 0 Å². The molecule has 1 heteroatoms. The normalized spacial score (nSPS) is 11.6. The summed E-state index contributed by atoms with van der Waals surface area (Å²) in [7, 11) is 0. The SMILES string of the molecule is CCCCCCCCCCCCCCCCCCCCCCCCCCCCCCCCOCCCCCCCCCCCCCCCCCC.